The maximum atomic E-state index is 12.1. The average molecular weight is 362 g/mol. The highest BCUT2D eigenvalue weighted by Gasteiger charge is 2.22. The van der Waals surface area contributed by atoms with E-state index in [0.29, 0.717) is 23.6 Å². The van der Waals surface area contributed by atoms with Crippen molar-refractivity contribution < 1.29 is 18.7 Å². The van der Waals surface area contributed by atoms with Crippen molar-refractivity contribution in [1.29, 1.82) is 0 Å². The SMILES string of the molecule is CC(C)CN1CCOC(COC(=O)CCn2c(=O)oc3ccccc32)C1. The predicted molar refractivity (Wildman–Crippen MR) is 97.1 cm³/mol. The molecule has 1 aromatic carbocycles. The van der Waals surface area contributed by atoms with Crippen LogP contribution in [0.2, 0.25) is 0 Å². The van der Waals surface area contributed by atoms with Crippen LogP contribution in [-0.2, 0) is 20.8 Å². The molecule has 2 heterocycles. The van der Waals surface area contributed by atoms with Gasteiger partial charge in [0.2, 0.25) is 0 Å². The van der Waals surface area contributed by atoms with Crippen LogP contribution in [-0.4, -0.2) is 54.4 Å². The topological polar surface area (TPSA) is 73.9 Å². The number of ether oxygens (including phenoxy) is 2. The van der Waals surface area contributed by atoms with Crippen LogP contribution >= 0.6 is 0 Å². The van der Waals surface area contributed by atoms with E-state index in [1.807, 2.05) is 6.07 Å². The number of benzene rings is 1. The van der Waals surface area contributed by atoms with E-state index in [-0.39, 0.29) is 31.6 Å². The first kappa shape index (κ1) is 18.7. The van der Waals surface area contributed by atoms with E-state index >= 15 is 0 Å². The molecule has 0 amide bonds. The molecule has 0 radical (unpaired) electrons. The van der Waals surface area contributed by atoms with E-state index in [1.165, 1.54) is 4.57 Å². The summed E-state index contributed by atoms with van der Waals surface area (Å²) in [5.41, 5.74) is 1.21. The summed E-state index contributed by atoms with van der Waals surface area (Å²) >= 11 is 0. The molecule has 0 N–H and O–H groups in total. The number of nitrogens with zero attached hydrogens (tertiary/aromatic N) is 2. The first-order valence-corrected chi connectivity index (χ1v) is 9.11. The highest BCUT2D eigenvalue weighted by atomic mass is 16.6. The fourth-order valence-corrected chi connectivity index (χ4v) is 3.25. The second kappa shape index (κ2) is 8.51. The highest BCUT2D eigenvalue weighted by molar-refractivity contribution is 5.73. The third-order valence-electron chi connectivity index (χ3n) is 4.39. The molecule has 0 spiro atoms. The Balaban J connectivity index is 1.47. The Morgan fingerprint density at radius 2 is 2.15 bits per heavy atom. The Labute approximate surface area is 152 Å². The fraction of sp³-hybridized carbons (Fsp3) is 0.579. The van der Waals surface area contributed by atoms with Gasteiger partial charge in [0.1, 0.15) is 12.7 Å². The molecule has 142 valence electrons. The normalized spacial score (nSPS) is 18.5. The quantitative estimate of drug-likeness (QED) is 0.700. The van der Waals surface area contributed by atoms with Gasteiger partial charge in [-0.2, -0.15) is 0 Å². The number of aromatic nitrogens is 1. The molecule has 2 aromatic rings. The minimum atomic E-state index is -0.459. The zero-order valence-electron chi connectivity index (χ0n) is 15.3. The predicted octanol–water partition coefficient (Wildman–Crippen LogP) is 1.88. The van der Waals surface area contributed by atoms with Gasteiger partial charge in [0, 0.05) is 26.2 Å². The second-order valence-electron chi connectivity index (χ2n) is 7.07. The number of rotatable bonds is 7. The number of hydrogen-bond donors (Lipinski definition) is 0. The Morgan fingerprint density at radius 1 is 1.35 bits per heavy atom. The summed E-state index contributed by atoms with van der Waals surface area (Å²) in [7, 11) is 0. The molecule has 1 aromatic heterocycles. The largest absolute Gasteiger partial charge is 0.463 e. The van der Waals surface area contributed by atoms with Gasteiger partial charge < -0.3 is 13.9 Å². The lowest BCUT2D eigenvalue weighted by atomic mass is 10.2. The zero-order chi connectivity index (χ0) is 18.5. The Kier molecular flexibility index (Phi) is 6.11. The van der Waals surface area contributed by atoms with Crippen LogP contribution < -0.4 is 5.76 Å². The molecule has 1 unspecified atom stereocenters. The van der Waals surface area contributed by atoms with Gasteiger partial charge in [0.05, 0.1) is 18.5 Å². The first-order valence-electron chi connectivity index (χ1n) is 9.11. The van der Waals surface area contributed by atoms with Gasteiger partial charge in [-0.15, -0.1) is 0 Å². The van der Waals surface area contributed by atoms with Gasteiger partial charge in [-0.1, -0.05) is 26.0 Å². The lowest BCUT2D eigenvalue weighted by molar-refractivity contribution is -0.150. The fourth-order valence-electron chi connectivity index (χ4n) is 3.25. The third-order valence-corrected chi connectivity index (χ3v) is 4.39. The summed E-state index contributed by atoms with van der Waals surface area (Å²) in [6, 6.07) is 7.16. The number of carbonyl (C=O) groups excluding carboxylic acids is 1. The molecule has 0 aliphatic carbocycles. The molecule has 0 bridgehead atoms. The van der Waals surface area contributed by atoms with Gasteiger partial charge in [-0.25, -0.2) is 4.79 Å². The van der Waals surface area contributed by atoms with Crippen molar-refractivity contribution in [2.75, 3.05) is 32.8 Å². The average Bonchev–Trinajstić information content (AvgIpc) is 2.93. The second-order valence-corrected chi connectivity index (χ2v) is 7.07. The van der Waals surface area contributed by atoms with E-state index < -0.39 is 5.76 Å². The van der Waals surface area contributed by atoms with Crippen molar-refractivity contribution in [2.24, 2.45) is 5.92 Å². The molecule has 1 aliphatic rings. The lowest BCUT2D eigenvalue weighted by Gasteiger charge is -2.33. The Bertz CT molecular complexity index is 795. The summed E-state index contributed by atoms with van der Waals surface area (Å²) in [5, 5.41) is 0. The number of carbonyl (C=O) groups is 1. The van der Waals surface area contributed by atoms with Crippen LogP contribution in [0, 0.1) is 5.92 Å². The number of esters is 1. The van der Waals surface area contributed by atoms with Crippen molar-refractivity contribution in [3.63, 3.8) is 0 Å². The summed E-state index contributed by atoms with van der Waals surface area (Å²) in [5.74, 6) is -0.204. The molecule has 1 fully saturated rings. The maximum absolute atomic E-state index is 12.1. The molecular formula is C19H26N2O5. The number of hydrogen-bond acceptors (Lipinski definition) is 6. The molecular weight excluding hydrogens is 336 g/mol. The van der Waals surface area contributed by atoms with Crippen molar-refractivity contribution in [3.05, 3.63) is 34.8 Å². The maximum Gasteiger partial charge on any atom is 0.419 e. The standard InChI is InChI=1S/C19H26N2O5/c1-14(2)11-20-9-10-24-15(12-20)13-25-18(22)7-8-21-16-5-3-4-6-17(16)26-19(21)23/h3-6,14-15H,7-13H2,1-2H3. The third kappa shape index (κ3) is 4.74. The monoisotopic (exact) mass is 362 g/mol. The molecule has 1 saturated heterocycles. The smallest absolute Gasteiger partial charge is 0.419 e. The first-order chi connectivity index (χ1) is 12.5. The van der Waals surface area contributed by atoms with Gasteiger partial charge in [0.15, 0.2) is 5.58 Å². The van der Waals surface area contributed by atoms with E-state index in [1.54, 1.807) is 18.2 Å². The molecule has 7 heteroatoms. The summed E-state index contributed by atoms with van der Waals surface area (Å²) < 4.78 is 17.6. The number of para-hydroxylation sites is 2. The van der Waals surface area contributed by atoms with Crippen molar-refractivity contribution in [2.45, 2.75) is 32.9 Å². The number of oxazole rings is 1. The molecule has 7 nitrogen and oxygen atoms in total. The number of aryl methyl sites for hydroxylation is 1. The van der Waals surface area contributed by atoms with Crippen LogP contribution in [0.1, 0.15) is 20.3 Å². The van der Waals surface area contributed by atoms with E-state index in [0.717, 1.165) is 19.6 Å². The number of fused-ring (bicyclic) bond motifs is 1. The lowest BCUT2D eigenvalue weighted by Crippen LogP contribution is -2.45. The van der Waals surface area contributed by atoms with E-state index in [4.69, 9.17) is 13.9 Å². The van der Waals surface area contributed by atoms with Gasteiger partial charge in [0.25, 0.3) is 0 Å². The molecule has 0 saturated carbocycles. The minimum Gasteiger partial charge on any atom is -0.463 e. The Hall–Kier alpha value is -2.12. The van der Waals surface area contributed by atoms with Crippen molar-refractivity contribution >= 4 is 17.1 Å². The highest BCUT2D eigenvalue weighted by Crippen LogP contribution is 2.12. The van der Waals surface area contributed by atoms with E-state index in [9.17, 15) is 9.59 Å². The van der Waals surface area contributed by atoms with Crippen LogP contribution in [0.3, 0.4) is 0 Å². The van der Waals surface area contributed by atoms with Gasteiger partial charge in [-0.05, 0) is 18.1 Å². The molecule has 1 atom stereocenters. The van der Waals surface area contributed by atoms with Crippen LogP contribution in [0.25, 0.3) is 11.1 Å². The number of morpholine rings is 1. The van der Waals surface area contributed by atoms with Gasteiger partial charge in [-0.3, -0.25) is 14.3 Å². The van der Waals surface area contributed by atoms with Crippen LogP contribution in [0.15, 0.2) is 33.5 Å². The van der Waals surface area contributed by atoms with Crippen molar-refractivity contribution in [1.82, 2.24) is 9.47 Å². The molecule has 26 heavy (non-hydrogen) atoms. The molecule has 1 aliphatic heterocycles. The summed E-state index contributed by atoms with van der Waals surface area (Å²) in [6.07, 6.45) is 0.0233. The summed E-state index contributed by atoms with van der Waals surface area (Å²) in [6.45, 7) is 8.22. The molecule has 3 rings (SSSR count). The van der Waals surface area contributed by atoms with Crippen LogP contribution in [0.4, 0.5) is 0 Å². The minimum absolute atomic E-state index is 0.0936. The van der Waals surface area contributed by atoms with E-state index in [2.05, 4.69) is 18.7 Å². The van der Waals surface area contributed by atoms with Crippen LogP contribution in [0.5, 0.6) is 0 Å². The van der Waals surface area contributed by atoms with Crippen molar-refractivity contribution in [3.8, 4) is 0 Å². The van der Waals surface area contributed by atoms with Gasteiger partial charge >= 0.3 is 11.7 Å². The Morgan fingerprint density at radius 3 is 2.96 bits per heavy atom. The zero-order valence-corrected chi connectivity index (χ0v) is 15.3. The summed E-state index contributed by atoms with van der Waals surface area (Å²) in [4.78, 5) is 26.3.